The fourth-order valence-electron chi connectivity index (χ4n) is 1.77. The number of rotatable bonds is 2. The highest BCUT2D eigenvalue weighted by atomic mass is 32.2. The van der Waals surface area contributed by atoms with E-state index >= 15 is 0 Å². The molecule has 0 aromatic heterocycles. The van der Waals surface area contributed by atoms with Gasteiger partial charge in [-0.3, -0.25) is 4.79 Å². The zero-order valence-corrected chi connectivity index (χ0v) is 9.51. The minimum Gasteiger partial charge on any atom is -0.343 e. The summed E-state index contributed by atoms with van der Waals surface area (Å²) >= 11 is 0. The van der Waals surface area contributed by atoms with Crippen molar-refractivity contribution in [3.63, 3.8) is 0 Å². The fourth-order valence-corrected chi connectivity index (χ4v) is 3.17. The van der Waals surface area contributed by atoms with Crippen molar-refractivity contribution in [3.8, 4) is 0 Å². The van der Waals surface area contributed by atoms with Gasteiger partial charge in [-0.05, 0) is 12.8 Å². The first-order valence-corrected chi connectivity index (χ1v) is 6.66. The second kappa shape index (κ2) is 4.29. The standard InChI is InChI=1S/C9H17NO3S/c1-3-14(12,13)9-4-6-10(7-5-9)8(2)11/h9H,3-7H2,1-2H3. The first-order valence-electron chi connectivity index (χ1n) is 4.94. The van der Waals surface area contributed by atoms with Crippen LogP contribution in [0.2, 0.25) is 0 Å². The second-order valence-electron chi connectivity index (χ2n) is 3.66. The molecule has 0 N–H and O–H groups in total. The van der Waals surface area contributed by atoms with Crippen LogP contribution in [-0.4, -0.2) is 43.3 Å². The summed E-state index contributed by atoms with van der Waals surface area (Å²) in [6.07, 6.45) is 1.19. The third-order valence-electron chi connectivity index (χ3n) is 2.80. The SMILES string of the molecule is CCS(=O)(=O)C1CCN(C(C)=O)CC1. The molecule has 0 atom stereocenters. The molecule has 1 aliphatic rings. The summed E-state index contributed by atoms with van der Waals surface area (Å²) < 4.78 is 23.1. The van der Waals surface area contributed by atoms with Gasteiger partial charge in [0.15, 0.2) is 9.84 Å². The minimum atomic E-state index is -2.91. The molecule has 82 valence electrons. The van der Waals surface area contributed by atoms with Gasteiger partial charge in [-0.25, -0.2) is 8.42 Å². The Labute approximate surface area is 85.2 Å². The van der Waals surface area contributed by atoms with Gasteiger partial charge in [0, 0.05) is 25.8 Å². The summed E-state index contributed by atoms with van der Waals surface area (Å²) in [5.41, 5.74) is 0. The molecule has 1 amide bonds. The van der Waals surface area contributed by atoms with E-state index in [0.29, 0.717) is 25.9 Å². The van der Waals surface area contributed by atoms with Gasteiger partial charge in [0.05, 0.1) is 5.25 Å². The Morgan fingerprint density at radius 2 is 1.86 bits per heavy atom. The van der Waals surface area contributed by atoms with Crippen molar-refractivity contribution < 1.29 is 13.2 Å². The van der Waals surface area contributed by atoms with Crippen LogP contribution in [0.4, 0.5) is 0 Å². The zero-order chi connectivity index (χ0) is 10.8. The van der Waals surface area contributed by atoms with Crippen LogP contribution in [0.15, 0.2) is 0 Å². The van der Waals surface area contributed by atoms with Crippen LogP contribution in [-0.2, 0) is 14.6 Å². The van der Waals surface area contributed by atoms with Crippen molar-refractivity contribution >= 4 is 15.7 Å². The largest absolute Gasteiger partial charge is 0.343 e. The average Bonchev–Trinajstić information content (AvgIpc) is 2.18. The van der Waals surface area contributed by atoms with E-state index in [1.807, 2.05) is 0 Å². The maximum atomic E-state index is 11.5. The van der Waals surface area contributed by atoms with Gasteiger partial charge in [-0.15, -0.1) is 0 Å². The van der Waals surface area contributed by atoms with Gasteiger partial charge >= 0.3 is 0 Å². The van der Waals surface area contributed by atoms with Crippen molar-refractivity contribution in [2.24, 2.45) is 0 Å². The molecule has 14 heavy (non-hydrogen) atoms. The van der Waals surface area contributed by atoms with Gasteiger partial charge in [0.2, 0.25) is 5.91 Å². The highest BCUT2D eigenvalue weighted by molar-refractivity contribution is 7.92. The summed E-state index contributed by atoms with van der Waals surface area (Å²) in [4.78, 5) is 12.7. The van der Waals surface area contributed by atoms with E-state index in [9.17, 15) is 13.2 Å². The molecular formula is C9H17NO3S. The van der Waals surface area contributed by atoms with Crippen molar-refractivity contribution in [3.05, 3.63) is 0 Å². The highest BCUT2D eigenvalue weighted by Gasteiger charge is 2.29. The minimum absolute atomic E-state index is 0.0392. The summed E-state index contributed by atoms with van der Waals surface area (Å²) in [7, 11) is -2.91. The molecule has 5 heteroatoms. The number of likely N-dealkylation sites (tertiary alicyclic amines) is 1. The Hall–Kier alpha value is -0.580. The van der Waals surface area contributed by atoms with Crippen LogP contribution in [0.5, 0.6) is 0 Å². The quantitative estimate of drug-likeness (QED) is 0.677. The Bertz CT molecular complexity index is 302. The Morgan fingerprint density at radius 3 is 2.21 bits per heavy atom. The summed E-state index contributed by atoms with van der Waals surface area (Å²) in [5, 5.41) is -0.233. The maximum absolute atomic E-state index is 11.5. The lowest BCUT2D eigenvalue weighted by Crippen LogP contribution is -2.41. The predicted octanol–water partition coefficient (Wildman–Crippen LogP) is 0.432. The van der Waals surface area contributed by atoms with E-state index in [1.54, 1.807) is 11.8 Å². The van der Waals surface area contributed by atoms with E-state index in [1.165, 1.54) is 6.92 Å². The normalized spacial score (nSPS) is 19.7. The molecule has 1 fully saturated rings. The molecule has 0 aromatic carbocycles. The first kappa shape index (κ1) is 11.5. The van der Waals surface area contributed by atoms with Gasteiger partial charge < -0.3 is 4.90 Å². The molecule has 1 heterocycles. The third-order valence-corrected chi connectivity index (χ3v) is 5.09. The highest BCUT2D eigenvalue weighted by Crippen LogP contribution is 2.18. The number of nitrogens with zero attached hydrogens (tertiary/aromatic N) is 1. The lowest BCUT2D eigenvalue weighted by Gasteiger charge is -2.30. The van der Waals surface area contributed by atoms with Crippen molar-refractivity contribution in [1.29, 1.82) is 0 Å². The van der Waals surface area contributed by atoms with Crippen LogP contribution in [0.3, 0.4) is 0 Å². The molecule has 0 spiro atoms. The molecule has 1 saturated heterocycles. The molecule has 0 aliphatic carbocycles. The molecule has 1 rings (SSSR count). The average molecular weight is 219 g/mol. The molecule has 0 unspecified atom stereocenters. The van der Waals surface area contributed by atoms with E-state index < -0.39 is 9.84 Å². The van der Waals surface area contributed by atoms with Gasteiger partial charge in [0.25, 0.3) is 0 Å². The summed E-state index contributed by atoms with van der Waals surface area (Å²) in [6.45, 7) is 4.36. The number of hydrogen-bond acceptors (Lipinski definition) is 3. The van der Waals surface area contributed by atoms with E-state index in [2.05, 4.69) is 0 Å². The van der Waals surface area contributed by atoms with E-state index in [4.69, 9.17) is 0 Å². The topological polar surface area (TPSA) is 54.5 Å². The number of carbonyl (C=O) groups is 1. The van der Waals surface area contributed by atoms with Crippen LogP contribution in [0, 0.1) is 0 Å². The molecule has 0 bridgehead atoms. The summed E-state index contributed by atoms with van der Waals surface area (Å²) in [5.74, 6) is 0.245. The zero-order valence-electron chi connectivity index (χ0n) is 8.69. The van der Waals surface area contributed by atoms with Crippen LogP contribution in [0.1, 0.15) is 26.7 Å². The van der Waals surface area contributed by atoms with Crippen molar-refractivity contribution in [2.45, 2.75) is 31.9 Å². The number of amides is 1. The van der Waals surface area contributed by atoms with Crippen LogP contribution in [0.25, 0.3) is 0 Å². The first-order chi connectivity index (χ1) is 6.47. The van der Waals surface area contributed by atoms with E-state index in [-0.39, 0.29) is 16.9 Å². The Kier molecular flexibility index (Phi) is 3.53. The van der Waals surface area contributed by atoms with Gasteiger partial charge in [0.1, 0.15) is 0 Å². The molecule has 4 nitrogen and oxygen atoms in total. The van der Waals surface area contributed by atoms with Crippen molar-refractivity contribution in [2.75, 3.05) is 18.8 Å². The Morgan fingerprint density at radius 1 is 1.36 bits per heavy atom. The van der Waals surface area contributed by atoms with Gasteiger partial charge in [-0.2, -0.15) is 0 Å². The van der Waals surface area contributed by atoms with Gasteiger partial charge in [-0.1, -0.05) is 6.92 Å². The smallest absolute Gasteiger partial charge is 0.219 e. The molecule has 0 saturated carbocycles. The lowest BCUT2D eigenvalue weighted by molar-refractivity contribution is -0.129. The van der Waals surface area contributed by atoms with Crippen LogP contribution < -0.4 is 0 Å². The Balaban J connectivity index is 2.56. The maximum Gasteiger partial charge on any atom is 0.219 e. The summed E-state index contributed by atoms with van der Waals surface area (Å²) in [6, 6.07) is 0. The fraction of sp³-hybridized carbons (Fsp3) is 0.889. The van der Waals surface area contributed by atoms with E-state index in [0.717, 1.165) is 0 Å². The predicted molar refractivity (Wildman–Crippen MR) is 54.7 cm³/mol. The number of hydrogen-bond donors (Lipinski definition) is 0. The van der Waals surface area contributed by atoms with Crippen molar-refractivity contribution in [1.82, 2.24) is 4.90 Å². The third kappa shape index (κ3) is 2.47. The second-order valence-corrected chi connectivity index (χ2v) is 6.23. The number of carbonyl (C=O) groups excluding carboxylic acids is 1. The molecule has 1 aliphatic heterocycles. The number of piperidine rings is 1. The molecule has 0 aromatic rings. The molecular weight excluding hydrogens is 202 g/mol. The number of sulfone groups is 1. The van der Waals surface area contributed by atoms with Crippen LogP contribution >= 0.6 is 0 Å². The monoisotopic (exact) mass is 219 g/mol. The lowest BCUT2D eigenvalue weighted by atomic mass is 10.1. The molecule has 0 radical (unpaired) electrons.